The normalized spacial score (nSPS) is 16.0. The van der Waals surface area contributed by atoms with Crippen LogP contribution in [0.5, 0.6) is 0 Å². The van der Waals surface area contributed by atoms with Crippen LogP contribution in [0.2, 0.25) is 0 Å². The summed E-state index contributed by atoms with van der Waals surface area (Å²) in [7, 11) is 0. The van der Waals surface area contributed by atoms with Crippen molar-refractivity contribution >= 4 is 5.82 Å². The number of likely N-dealkylation sites (tertiary alicyclic amines) is 1. The fraction of sp³-hybridized carbons (Fsp3) is 0.474. The Morgan fingerprint density at radius 3 is 2.48 bits per heavy atom. The van der Waals surface area contributed by atoms with E-state index >= 15 is 0 Å². The molecule has 4 heteroatoms. The summed E-state index contributed by atoms with van der Waals surface area (Å²) in [6.45, 7) is 6.31. The molecule has 1 saturated heterocycles. The second-order valence-electron chi connectivity index (χ2n) is 6.36. The summed E-state index contributed by atoms with van der Waals surface area (Å²) in [6.07, 6.45) is 7.04. The van der Waals surface area contributed by atoms with Gasteiger partial charge in [0.15, 0.2) is 0 Å². The standard InChI is InChI=1S/C19H26N4/c1-16-12-19(22-15-21-16)20-13-17-8-4-5-9-18(17)14-23-10-6-2-3-7-11-23/h4-5,8-9,12,15H,2-3,6-7,10-11,13-14H2,1H3,(H,20,21,22). The second-order valence-corrected chi connectivity index (χ2v) is 6.36. The number of hydrogen-bond acceptors (Lipinski definition) is 4. The highest BCUT2D eigenvalue weighted by Crippen LogP contribution is 2.17. The average molecular weight is 310 g/mol. The fourth-order valence-corrected chi connectivity index (χ4v) is 3.16. The highest BCUT2D eigenvalue weighted by Gasteiger charge is 2.11. The van der Waals surface area contributed by atoms with Crippen molar-refractivity contribution in [3.8, 4) is 0 Å². The van der Waals surface area contributed by atoms with Crippen molar-refractivity contribution in [1.29, 1.82) is 0 Å². The van der Waals surface area contributed by atoms with E-state index in [0.717, 1.165) is 24.6 Å². The summed E-state index contributed by atoms with van der Waals surface area (Å²) in [4.78, 5) is 11.0. The quantitative estimate of drug-likeness (QED) is 0.912. The van der Waals surface area contributed by atoms with E-state index in [2.05, 4.69) is 44.5 Å². The molecule has 0 amide bonds. The van der Waals surface area contributed by atoms with Gasteiger partial charge in [0.2, 0.25) is 0 Å². The number of benzene rings is 1. The van der Waals surface area contributed by atoms with Gasteiger partial charge in [-0.3, -0.25) is 4.90 Å². The van der Waals surface area contributed by atoms with Crippen LogP contribution in [0.1, 0.15) is 42.5 Å². The predicted molar refractivity (Wildman–Crippen MR) is 94.3 cm³/mol. The van der Waals surface area contributed by atoms with Gasteiger partial charge in [0.25, 0.3) is 0 Å². The monoisotopic (exact) mass is 310 g/mol. The summed E-state index contributed by atoms with van der Waals surface area (Å²) >= 11 is 0. The maximum absolute atomic E-state index is 4.28. The molecule has 0 saturated carbocycles. The zero-order chi connectivity index (χ0) is 15.9. The van der Waals surface area contributed by atoms with E-state index in [9.17, 15) is 0 Å². The molecule has 0 unspecified atom stereocenters. The molecule has 122 valence electrons. The van der Waals surface area contributed by atoms with Crippen LogP contribution >= 0.6 is 0 Å². The summed E-state index contributed by atoms with van der Waals surface area (Å²) in [5.74, 6) is 0.891. The number of anilines is 1. The lowest BCUT2D eigenvalue weighted by Crippen LogP contribution is -2.24. The first-order valence-electron chi connectivity index (χ1n) is 8.63. The van der Waals surface area contributed by atoms with Gasteiger partial charge in [0.1, 0.15) is 12.1 Å². The van der Waals surface area contributed by atoms with Crippen molar-refractivity contribution < 1.29 is 0 Å². The van der Waals surface area contributed by atoms with Crippen LogP contribution in [0.3, 0.4) is 0 Å². The van der Waals surface area contributed by atoms with Crippen molar-refractivity contribution in [2.24, 2.45) is 0 Å². The molecular weight excluding hydrogens is 284 g/mol. The van der Waals surface area contributed by atoms with Crippen LogP contribution < -0.4 is 5.32 Å². The minimum absolute atomic E-state index is 0.806. The molecule has 0 bridgehead atoms. The molecule has 3 rings (SSSR count). The first-order valence-corrected chi connectivity index (χ1v) is 8.63. The molecule has 1 aromatic heterocycles. The van der Waals surface area contributed by atoms with Gasteiger partial charge < -0.3 is 5.32 Å². The zero-order valence-corrected chi connectivity index (χ0v) is 14.0. The third-order valence-electron chi connectivity index (χ3n) is 4.47. The van der Waals surface area contributed by atoms with Crippen LogP contribution in [0.15, 0.2) is 36.7 Å². The first kappa shape index (κ1) is 15.9. The third kappa shape index (κ3) is 4.76. The van der Waals surface area contributed by atoms with Gasteiger partial charge in [-0.25, -0.2) is 9.97 Å². The number of nitrogens with one attached hydrogen (secondary N) is 1. The lowest BCUT2D eigenvalue weighted by molar-refractivity contribution is 0.276. The molecule has 2 heterocycles. The number of aromatic nitrogens is 2. The molecule has 4 nitrogen and oxygen atoms in total. The van der Waals surface area contributed by atoms with E-state index in [1.165, 1.54) is 49.9 Å². The molecule has 23 heavy (non-hydrogen) atoms. The lowest BCUT2D eigenvalue weighted by Gasteiger charge is -2.21. The molecule has 1 aliphatic rings. The van der Waals surface area contributed by atoms with E-state index in [1.54, 1.807) is 6.33 Å². The lowest BCUT2D eigenvalue weighted by atomic mass is 10.1. The molecule has 0 aliphatic carbocycles. The van der Waals surface area contributed by atoms with Crippen molar-refractivity contribution in [3.63, 3.8) is 0 Å². The molecule has 0 spiro atoms. The SMILES string of the molecule is Cc1cc(NCc2ccccc2CN2CCCCCC2)ncn1. The Kier molecular flexibility index (Phi) is 5.59. The van der Waals surface area contributed by atoms with Crippen LogP contribution in [0.4, 0.5) is 5.82 Å². The van der Waals surface area contributed by atoms with E-state index in [1.807, 2.05) is 13.0 Å². The van der Waals surface area contributed by atoms with Gasteiger partial charge in [-0.05, 0) is 44.0 Å². The molecule has 0 atom stereocenters. The largest absolute Gasteiger partial charge is 0.366 e. The van der Waals surface area contributed by atoms with Crippen LogP contribution in [0, 0.1) is 6.92 Å². The smallest absolute Gasteiger partial charge is 0.129 e. The van der Waals surface area contributed by atoms with Gasteiger partial charge in [0, 0.05) is 24.8 Å². The topological polar surface area (TPSA) is 41.0 Å². The van der Waals surface area contributed by atoms with Gasteiger partial charge in [-0.1, -0.05) is 37.1 Å². The van der Waals surface area contributed by atoms with Crippen molar-refractivity contribution in [1.82, 2.24) is 14.9 Å². The molecule has 1 fully saturated rings. The molecular formula is C19H26N4. The van der Waals surface area contributed by atoms with Crippen LogP contribution in [-0.2, 0) is 13.1 Å². The Morgan fingerprint density at radius 2 is 1.74 bits per heavy atom. The van der Waals surface area contributed by atoms with Crippen molar-refractivity contribution in [2.45, 2.75) is 45.7 Å². The van der Waals surface area contributed by atoms with Crippen molar-refractivity contribution in [2.75, 3.05) is 18.4 Å². The number of aryl methyl sites for hydroxylation is 1. The third-order valence-corrected chi connectivity index (χ3v) is 4.47. The summed E-state index contributed by atoms with van der Waals surface area (Å²) in [5, 5.41) is 3.42. The maximum Gasteiger partial charge on any atom is 0.129 e. The van der Waals surface area contributed by atoms with E-state index < -0.39 is 0 Å². The highest BCUT2D eigenvalue weighted by atomic mass is 15.1. The molecule has 0 radical (unpaired) electrons. The van der Waals surface area contributed by atoms with E-state index in [0.29, 0.717) is 0 Å². The maximum atomic E-state index is 4.28. The number of nitrogens with zero attached hydrogens (tertiary/aromatic N) is 3. The van der Waals surface area contributed by atoms with E-state index in [4.69, 9.17) is 0 Å². The Labute approximate surface area is 139 Å². The first-order chi connectivity index (χ1) is 11.3. The Balaban J connectivity index is 1.65. The Morgan fingerprint density at radius 1 is 1.00 bits per heavy atom. The average Bonchev–Trinajstić information content (AvgIpc) is 2.83. The van der Waals surface area contributed by atoms with Gasteiger partial charge in [-0.15, -0.1) is 0 Å². The second kappa shape index (κ2) is 8.06. The van der Waals surface area contributed by atoms with Crippen molar-refractivity contribution in [3.05, 3.63) is 53.5 Å². The number of hydrogen-bond donors (Lipinski definition) is 1. The highest BCUT2D eigenvalue weighted by molar-refractivity contribution is 5.37. The minimum Gasteiger partial charge on any atom is -0.366 e. The zero-order valence-electron chi connectivity index (χ0n) is 14.0. The van der Waals surface area contributed by atoms with Gasteiger partial charge in [0.05, 0.1) is 0 Å². The Hall–Kier alpha value is -1.94. The van der Waals surface area contributed by atoms with Crippen LogP contribution in [-0.4, -0.2) is 28.0 Å². The summed E-state index contributed by atoms with van der Waals surface area (Å²) in [5.41, 5.74) is 3.76. The molecule has 2 aromatic rings. The minimum atomic E-state index is 0.806. The molecule has 1 N–H and O–H groups in total. The Bertz CT molecular complexity index is 618. The number of rotatable bonds is 5. The van der Waals surface area contributed by atoms with Gasteiger partial charge >= 0.3 is 0 Å². The summed E-state index contributed by atoms with van der Waals surface area (Å²) in [6, 6.07) is 10.7. The predicted octanol–water partition coefficient (Wildman–Crippen LogP) is 3.77. The molecule has 1 aromatic carbocycles. The fourth-order valence-electron chi connectivity index (χ4n) is 3.16. The molecule has 1 aliphatic heterocycles. The van der Waals surface area contributed by atoms with Crippen LogP contribution in [0.25, 0.3) is 0 Å². The van der Waals surface area contributed by atoms with Gasteiger partial charge in [-0.2, -0.15) is 0 Å². The van der Waals surface area contributed by atoms with E-state index in [-0.39, 0.29) is 0 Å². The summed E-state index contributed by atoms with van der Waals surface area (Å²) < 4.78 is 0.